The lowest BCUT2D eigenvalue weighted by atomic mass is 9.80. The van der Waals surface area contributed by atoms with Crippen molar-refractivity contribution in [1.29, 1.82) is 0 Å². The van der Waals surface area contributed by atoms with Gasteiger partial charge in [-0.05, 0) is 82.9 Å². The number of alkyl halides is 2. The van der Waals surface area contributed by atoms with Gasteiger partial charge in [0.15, 0.2) is 0 Å². The van der Waals surface area contributed by atoms with Gasteiger partial charge in [-0.1, -0.05) is 0 Å². The molecule has 0 spiro atoms. The molecular weight excluding hydrogens is 596 g/mol. The number of thioether (sulfide) groups is 1. The van der Waals surface area contributed by atoms with Gasteiger partial charge in [-0.3, -0.25) is 9.59 Å². The molecule has 1 atom stereocenters. The number of nitrogens with one attached hydrogen (secondary N) is 3. The number of morpholine rings is 1. The molecule has 1 amide bonds. The molecule has 1 aliphatic heterocycles. The Morgan fingerprint density at radius 3 is 2.49 bits per heavy atom. The van der Waals surface area contributed by atoms with Crippen LogP contribution in [-0.4, -0.2) is 66.0 Å². The number of amides is 1. The van der Waals surface area contributed by atoms with Crippen LogP contribution < -0.4 is 21.1 Å². The summed E-state index contributed by atoms with van der Waals surface area (Å²) < 4.78 is 34.6. The van der Waals surface area contributed by atoms with E-state index in [-0.39, 0.29) is 49.0 Å². The Bertz CT molecular complexity index is 1600. The number of aromatic nitrogens is 2. The number of H-pyrrole nitrogens is 1. The van der Waals surface area contributed by atoms with E-state index in [0.717, 1.165) is 71.6 Å². The summed E-state index contributed by atoms with van der Waals surface area (Å²) >= 11 is 1.50. The van der Waals surface area contributed by atoms with Crippen LogP contribution in [-0.2, 0) is 11.3 Å². The molecule has 2 aliphatic carbocycles. The molecule has 3 N–H and O–H groups in total. The van der Waals surface area contributed by atoms with Gasteiger partial charge in [-0.15, -0.1) is 11.8 Å². The van der Waals surface area contributed by atoms with E-state index < -0.39 is 5.92 Å². The van der Waals surface area contributed by atoms with Gasteiger partial charge < -0.3 is 29.8 Å². The Hall–Kier alpha value is -2.89. The van der Waals surface area contributed by atoms with Crippen molar-refractivity contribution in [2.75, 3.05) is 37.5 Å². The third-order valence-corrected chi connectivity index (χ3v) is 10.9. The van der Waals surface area contributed by atoms with Gasteiger partial charge in [0.25, 0.3) is 17.4 Å². The molecule has 0 unspecified atom stereocenters. The number of carbonyl (C=O) groups excluding carboxylic acids is 1. The van der Waals surface area contributed by atoms with E-state index in [0.29, 0.717) is 30.3 Å². The van der Waals surface area contributed by atoms with Crippen molar-refractivity contribution in [1.82, 2.24) is 20.2 Å². The van der Waals surface area contributed by atoms with Crippen molar-refractivity contribution in [2.45, 2.75) is 94.8 Å². The van der Waals surface area contributed by atoms with Crippen LogP contribution >= 0.6 is 11.8 Å². The molecule has 2 aromatic heterocycles. The van der Waals surface area contributed by atoms with Gasteiger partial charge in [0.1, 0.15) is 0 Å². The molecule has 3 aliphatic rings. The molecule has 0 radical (unpaired) electrons. The number of hydrogen-bond donors (Lipinski definition) is 3. The number of aromatic amines is 1. The first-order chi connectivity index (χ1) is 21.5. The molecule has 1 aromatic carbocycles. The van der Waals surface area contributed by atoms with Crippen molar-refractivity contribution in [3.63, 3.8) is 0 Å². The first-order valence-electron chi connectivity index (χ1n) is 16.2. The zero-order valence-electron chi connectivity index (χ0n) is 26.7. The number of ether oxygens (including phenoxy) is 1. The van der Waals surface area contributed by atoms with Gasteiger partial charge >= 0.3 is 0 Å². The molecule has 45 heavy (non-hydrogen) atoms. The first kappa shape index (κ1) is 32.1. The second kappa shape index (κ2) is 13.1. The summed E-state index contributed by atoms with van der Waals surface area (Å²) in [5.74, 6) is -2.29. The lowest BCUT2D eigenvalue weighted by Gasteiger charge is -2.41. The Kier molecular flexibility index (Phi) is 9.32. The summed E-state index contributed by atoms with van der Waals surface area (Å²) in [6.45, 7) is 9.20. The van der Waals surface area contributed by atoms with Crippen molar-refractivity contribution in [3.8, 4) is 0 Å². The fourth-order valence-corrected chi connectivity index (χ4v) is 8.35. The standard InChI is InChI=1S/C34H45F2N5O3S/c1-20-15-30(45-4)28(32(42)38-20)19-37-33(43)31-22(3)41(29-10-9-26(16-27(29)31)40-11-13-44-14-12-40)21(2)23-5-7-24(8-6-23)39-25-17-34(35,36)18-25/h9-10,15-16,21,23-25,39H,5-8,11-14,17-19H2,1-4H3,(H,37,43)(H,38,42)/t21-,23?,24?/m1/s1. The monoisotopic (exact) mass is 641 g/mol. The Morgan fingerprint density at radius 1 is 1.11 bits per heavy atom. The van der Waals surface area contributed by atoms with Gasteiger partial charge in [0, 0.05) is 89.0 Å². The number of anilines is 1. The maximum absolute atomic E-state index is 14.0. The minimum Gasteiger partial charge on any atom is -0.378 e. The van der Waals surface area contributed by atoms with E-state index in [9.17, 15) is 18.4 Å². The normalized spacial score (nSPS) is 22.8. The van der Waals surface area contributed by atoms with Gasteiger partial charge in [-0.2, -0.15) is 0 Å². The molecule has 3 aromatic rings. The number of nitrogens with zero attached hydrogens (tertiary/aromatic N) is 2. The average molecular weight is 642 g/mol. The van der Waals surface area contributed by atoms with E-state index in [1.54, 1.807) is 0 Å². The lowest BCUT2D eigenvalue weighted by Crippen LogP contribution is -2.52. The molecular formula is C34H45F2N5O3S. The van der Waals surface area contributed by atoms with Gasteiger partial charge in [0.2, 0.25) is 0 Å². The highest BCUT2D eigenvalue weighted by Crippen LogP contribution is 2.41. The van der Waals surface area contributed by atoms with Crippen LogP contribution in [0.15, 0.2) is 34.0 Å². The van der Waals surface area contributed by atoms with E-state index >= 15 is 0 Å². The zero-order chi connectivity index (χ0) is 31.9. The average Bonchev–Trinajstić information content (AvgIpc) is 3.30. The Morgan fingerprint density at radius 2 is 1.82 bits per heavy atom. The molecule has 3 heterocycles. The maximum Gasteiger partial charge on any atom is 0.254 e. The van der Waals surface area contributed by atoms with Crippen molar-refractivity contribution in [2.24, 2.45) is 5.92 Å². The van der Waals surface area contributed by atoms with Crippen LogP contribution in [0.4, 0.5) is 14.5 Å². The molecule has 3 fully saturated rings. The van der Waals surface area contributed by atoms with Crippen molar-refractivity contribution >= 4 is 34.3 Å². The fourth-order valence-electron chi connectivity index (χ4n) is 7.64. The minimum absolute atomic E-state index is 0.0495. The van der Waals surface area contributed by atoms with Crippen LogP contribution in [0.5, 0.6) is 0 Å². The van der Waals surface area contributed by atoms with E-state index in [1.165, 1.54) is 11.8 Å². The number of aryl methyl sites for hydroxylation is 1. The number of pyridine rings is 1. The smallest absolute Gasteiger partial charge is 0.254 e. The zero-order valence-corrected chi connectivity index (χ0v) is 27.5. The predicted octanol–water partition coefficient (Wildman–Crippen LogP) is 5.94. The SMILES string of the molecule is CSc1cc(C)[nH]c(=O)c1CNC(=O)c1c(C)n([C@H](C)C2CCC(NC3CC(F)(F)C3)CC2)c2ccc(N3CCOCC3)cc12. The van der Waals surface area contributed by atoms with Crippen LogP contribution in [0.2, 0.25) is 0 Å². The second-order valence-corrected chi connectivity index (χ2v) is 14.0. The number of hydrogen-bond acceptors (Lipinski definition) is 6. The number of benzene rings is 1. The molecule has 6 rings (SSSR count). The summed E-state index contributed by atoms with van der Waals surface area (Å²) in [5.41, 5.74) is 4.81. The minimum atomic E-state index is -2.50. The van der Waals surface area contributed by atoms with Gasteiger partial charge in [-0.25, -0.2) is 8.78 Å². The summed E-state index contributed by atoms with van der Waals surface area (Å²) in [5, 5.41) is 7.45. The molecule has 244 valence electrons. The first-order valence-corrected chi connectivity index (χ1v) is 17.4. The van der Waals surface area contributed by atoms with Crippen LogP contribution in [0.25, 0.3) is 10.9 Å². The predicted molar refractivity (Wildman–Crippen MR) is 176 cm³/mol. The summed E-state index contributed by atoms with van der Waals surface area (Å²) in [6.07, 6.45) is 5.77. The topological polar surface area (TPSA) is 91.4 Å². The van der Waals surface area contributed by atoms with Crippen molar-refractivity contribution in [3.05, 3.63) is 57.1 Å². The largest absolute Gasteiger partial charge is 0.378 e. The highest BCUT2D eigenvalue weighted by Gasteiger charge is 2.46. The van der Waals surface area contributed by atoms with E-state index in [1.807, 2.05) is 26.2 Å². The number of rotatable bonds is 9. The van der Waals surface area contributed by atoms with Crippen LogP contribution in [0.3, 0.4) is 0 Å². The summed E-state index contributed by atoms with van der Waals surface area (Å²) in [7, 11) is 0. The number of fused-ring (bicyclic) bond motifs is 1. The molecule has 2 saturated carbocycles. The lowest BCUT2D eigenvalue weighted by molar-refractivity contribution is -0.0957. The highest BCUT2D eigenvalue weighted by atomic mass is 32.2. The third-order valence-electron chi connectivity index (χ3n) is 10.1. The third kappa shape index (κ3) is 6.67. The Labute approximate surface area is 267 Å². The maximum atomic E-state index is 14.0. The van der Waals surface area contributed by atoms with Crippen LogP contribution in [0.1, 0.15) is 78.8 Å². The summed E-state index contributed by atoms with van der Waals surface area (Å²) in [4.78, 5) is 32.8. The quantitative estimate of drug-likeness (QED) is 0.251. The Balaban J connectivity index is 1.26. The molecule has 11 heteroatoms. The molecule has 1 saturated heterocycles. The number of carbonyl (C=O) groups is 1. The fraction of sp³-hybridized carbons (Fsp3) is 0.588. The van der Waals surface area contributed by atoms with Crippen LogP contribution in [0, 0.1) is 19.8 Å². The second-order valence-electron chi connectivity index (χ2n) is 13.1. The van der Waals surface area contributed by atoms with E-state index in [2.05, 4.69) is 50.2 Å². The highest BCUT2D eigenvalue weighted by molar-refractivity contribution is 7.98. The molecule has 8 nitrogen and oxygen atoms in total. The number of halogens is 2. The molecule has 0 bridgehead atoms. The summed E-state index contributed by atoms with van der Waals surface area (Å²) in [6, 6.07) is 8.72. The van der Waals surface area contributed by atoms with Gasteiger partial charge in [0.05, 0.1) is 18.8 Å². The van der Waals surface area contributed by atoms with Crippen molar-refractivity contribution < 1.29 is 18.3 Å². The van der Waals surface area contributed by atoms with E-state index in [4.69, 9.17) is 4.74 Å².